The average Bonchev–Trinajstić information content (AvgIpc) is 2.97. The first kappa shape index (κ1) is 20.5. The molecular weight excluding hydrogens is 354 g/mol. The molecule has 1 aromatic carbocycles. The SMILES string of the molecule is CN(C)C(=O)COc1ccccc1C(=O)N1CC[C@@H]2CNC[C@@H]2CC1.Cl. The third-order valence-corrected chi connectivity index (χ3v) is 5.27. The van der Waals surface area contributed by atoms with Gasteiger partial charge in [-0.25, -0.2) is 0 Å². The molecule has 6 nitrogen and oxygen atoms in total. The highest BCUT2D eigenvalue weighted by Crippen LogP contribution is 2.29. The molecule has 0 saturated carbocycles. The average molecular weight is 382 g/mol. The third kappa shape index (κ3) is 4.68. The van der Waals surface area contributed by atoms with Crippen molar-refractivity contribution in [3.05, 3.63) is 29.8 Å². The van der Waals surface area contributed by atoms with Crippen LogP contribution in [0.25, 0.3) is 0 Å². The number of halogens is 1. The number of benzene rings is 1. The molecule has 1 N–H and O–H groups in total. The summed E-state index contributed by atoms with van der Waals surface area (Å²) in [5, 5.41) is 3.45. The molecule has 7 heteroatoms. The summed E-state index contributed by atoms with van der Waals surface area (Å²) < 4.78 is 5.63. The van der Waals surface area contributed by atoms with Gasteiger partial charge in [-0.15, -0.1) is 12.4 Å². The molecule has 0 bridgehead atoms. The summed E-state index contributed by atoms with van der Waals surface area (Å²) in [5.41, 5.74) is 0.541. The zero-order valence-corrected chi connectivity index (χ0v) is 16.3. The monoisotopic (exact) mass is 381 g/mol. The van der Waals surface area contributed by atoms with Gasteiger partial charge in [0.2, 0.25) is 0 Å². The Morgan fingerprint density at radius 3 is 2.38 bits per heavy atom. The van der Waals surface area contributed by atoms with Gasteiger partial charge in [0, 0.05) is 27.2 Å². The highest BCUT2D eigenvalue weighted by atomic mass is 35.5. The molecule has 0 spiro atoms. The predicted molar refractivity (Wildman–Crippen MR) is 103 cm³/mol. The molecule has 2 atom stereocenters. The Hall–Kier alpha value is -1.79. The fourth-order valence-electron chi connectivity index (χ4n) is 3.63. The number of amides is 2. The van der Waals surface area contributed by atoms with E-state index in [1.165, 1.54) is 4.90 Å². The second-order valence-electron chi connectivity index (χ2n) is 7.12. The molecular formula is C19H28ClN3O3. The van der Waals surface area contributed by atoms with Crippen LogP contribution < -0.4 is 10.1 Å². The second-order valence-corrected chi connectivity index (χ2v) is 7.12. The normalized spacial score (nSPS) is 22.0. The lowest BCUT2D eigenvalue weighted by atomic mass is 9.92. The Morgan fingerprint density at radius 1 is 1.15 bits per heavy atom. The lowest BCUT2D eigenvalue weighted by Crippen LogP contribution is -2.33. The zero-order valence-electron chi connectivity index (χ0n) is 15.4. The minimum absolute atomic E-state index is 0. The van der Waals surface area contributed by atoms with Gasteiger partial charge in [0.15, 0.2) is 6.61 Å². The lowest BCUT2D eigenvalue weighted by Gasteiger charge is -2.22. The zero-order chi connectivity index (χ0) is 17.8. The van der Waals surface area contributed by atoms with Crippen molar-refractivity contribution in [3.8, 4) is 5.75 Å². The van der Waals surface area contributed by atoms with Crippen molar-refractivity contribution >= 4 is 24.2 Å². The summed E-state index contributed by atoms with van der Waals surface area (Å²) in [4.78, 5) is 28.2. The van der Waals surface area contributed by atoms with Crippen molar-refractivity contribution in [2.24, 2.45) is 11.8 Å². The van der Waals surface area contributed by atoms with Crippen LogP contribution in [0.3, 0.4) is 0 Å². The largest absolute Gasteiger partial charge is 0.483 e. The summed E-state index contributed by atoms with van der Waals surface area (Å²) in [6.07, 6.45) is 2.09. The van der Waals surface area contributed by atoms with E-state index in [2.05, 4.69) is 5.32 Å². The van der Waals surface area contributed by atoms with E-state index < -0.39 is 0 Å². The van der Waals surface area contributed by atoms with Crippen LogP contribution in [0.4, 0.5) is 0 Å². The number of carbonyl (C=O) groups is 2. The van der Waals surface area contributed by atoms with Gasteiger partial charge in [-0.3, -0.25) is 9.59 Å². The molecule has 0 radical (unpaired) electrons. The molecule has 3 rings (SSSR count). The van der Waals surface area contributed by atoms with Crippen LogP contribution >= 0.6 is 12.4 Å². The standard InChI is InChI=1S/C19H27N3O3.ClH/c1-21(2)18(23)13-25-17-6-4-3-5-16(17)19(24)22-9-7-14-11-20-12-15(14)8-10-22;/h3-6,14-15,20H,7-13H2,1-2H3;1H/t14-,15+;. The molecule has 0 unspecified atom stereocenters. The fourth-order valence-corrected chi connectivity index (χ4v) is 3.63. The second kappa shape index (κ2) is 9.24. The lowest BCUT2D eigenvalue weighted by molar-refractivity contribution is -0.130. The highest BCUT2D eigenvalue weighted by Gasteiger charge is 2.32. The molecule has 0 aromatic heterocycles. The van der Waals surface area contributed by atoms with Gasteiger partial charge in [-0.05, 0) is 49.9 Å². The van der Waals surface area contributed by atoms with Crippen molar-refractivity contribution in [3.63, 3.8) is 0 Å². The summed E-state index contributed by atoms with van der Waals surface area (Å²) in [5.74, 6) is 1.72. The molecule has 2 amide bonds. The van der Waals surface area contributed by atoms with Crippen LogP contribution in [0.1, 0.15) is 23.2 Å². The number of fused-ring (bicyclic) bond motifs is 1. The van der Waals surface area contributed by atoms with Gasteiger partial charge in [0.25, 0.3) is 11.8 Å². The van der Waals surface area contributed by atoms with E-state index in [4.69, 9.17) is 4.74 Å². The number of rotatable bonds is 4. The summed E-state index contributed by atoms with van der Waals surface area (Å²) in [6.45, 7) is 3.64. The van der Waals surface area contributed by atoms with Crippen molar-refractivity contribution < 1.29 is 14.3 Å². The minimum atomic E-state index is -0.127. The summed E-state index contributed by atoms with van der Waals surface area (Å²) in [7, 11) is 3.37. The van der Waals surface area contributed by atoms with Gasteiger partial charge in [0.1, 0.15) is 5.75 Å². The van der Waals surface area contributed by atoms with Crippen LogP contribution in [-0.4, -0.2) is 68.5 Å². The van der Waals surface area contributed by atoms with Crippen molar-refractivity contribution in [1.29, 1.82) is 0 Å². The third-order valence-electron chi connectivity index (χ3n) is 5.27. The van der Waals surface area contributed by atoms with E-state index in [0.717, 1.165) is 39.0 Å². The van der Waals surface area contributed by atoms with E-state index in [1.54, 1.807) is 26.2 Å². The van der Waals surface area contributed by atoms with Crippen molar-refractivity contribution in [2.75, 3.05) is 46.9 Å². The maximum Gasteiger partial charge on any atom is 0.259 e. The van der Waals surface area contributed by atoms with E-state index >= 15 is 0 Å². The molecule has 2 aliphatic heterocycles. The van der Waals surface area contributed by atoms with Gasteiger partial charge >= 0.3 is 0 Å². The molecule has 0 aliphatic carbocycles. The van der Waals surface area contributed by atoms with Crippen LogP contribution in [0.2, 0.25) is 0 Å². The fraction of sp³-hybridized carbons (Fsp3) is 0.579. The van der Waals surface area contributed by atoms with Gasteiger partial charge in [-0.2, -0.15) is 0 Å². The molecule has 1 aromatic rings. The number of likely N-dealkylation sites (N-methyl/N-ethyl adjacent to an activating group) is 1. The maximum absolute atomic E-state index is 13.0. The molecule has 2 heterocycles. The Balaban J connectivity index is 0.00000243. The number of nitrogens with one attached hydrogen (secondary N) is 1. The number of para-hydroxylation sites is 1. The first-order valence-electron chi connectivity index (χ1n) is 8.98. The predicted octanol–water partition coefficient (Wildman–Crippen LogP) is 1.65. The number of hydrogen-bond acceptors (Lipinski definition) is 4. The number of carbonyl (C=O) groups excluding carboxylic acids is 2. The molecule has 2 saturated heterocycles. The summed E-state index contributed by atoms with van der Waals surface area (Å²) >= 11 is 0. The smallest absolute Gasteiger partial charge is 0.259 e. The molecule has 144 valence electrons. The van der Waals surface area contributed by atoms with E-state index in [-0.39, 0.29) is 30.8 Å². The quantitative estimate of drug-likeness (QED) is 0.861. The Kier molecular flexibility index (Phi) is 7.29. The molecule has 2 fully saturated rings. The van der Waals surface area contributed by atoms with E-state index in [1.807, 2.05) is 17.0 Å². The maximum atomic E-state index is 13.0. The van der Waals surface area contributed by atoms with E-state index in [9.17, 15) is 9.59 Å². The highest BCUT2D eigenvalue weighted by molar-refractivity contribution is 5.97. The van der Waals surface area contributed by atoms with Gasteiger partial charge < -0.3 is 19.9 Å². The van der Waals surface area contributed by atoms with Crippen molar-refractivity contribution in [2.45, 2.75) is 12.8 Å². The minimum Gasteiger partial charge on any atom is -0.483 e. The first-order valence-corrected chi connectivity index (χ1v) is 8.98. The number of hydrogen-bond donors (Lipinski definition) is 1. The van der Waals surface area contributed by atoms with Crippen LogP contribution in [0, 0.1) is 11.8 Å². The number of likely N-dealkylation sites (tertiary alicyclic amines) is 1. The Labute approximate surface area is 161 Å². The van der Waals surface area contributed by atoms with E-state index in [0.29, 0.717) is 23.1 Å². The Bertz CT molecular complexity index is 624. The van der Waals surface area contributed by atoms with Gasteiger partial charge in [0.05, 0.1) is 5.56 Å². The molecule has 2 aliphatic rings. The summed E-state index contributed by atoms with van der Waals surface area (Å²) in [6, 6.07) is 7.20. The van der Waals surface area contributed by atoms with Crippen LogP contribution in [0.15, 0.2) is 24.3 Å². The topological polar surface area (TPSA) is 61.9 Å². The molecule has 26 heavy (non-hydrogen) atoms. The van der Waals surface area contributed by atoms with Crippen LogP contribution in [-0.2, 0) is 4.79 Å². The first-order chi connectivity index (χ1) is 12.1. The van der Waals surface area contributed by atoms with Crippen molar-refractivity contribution in [1.82, 2.24) is 15.1 Å². The number of ether oxygens (including phenoxy) is 1. The van der Waals surface area contributed by atoms with Crippen LogP contribution in [0.5, 0.6) is 5.75 Å². The number of nitrogens with zero attached hydrogens (tertiary/aromatic N) is 2. The Morgan fingerprint density at radius 2 is 1.77 bits per heavy atom. The van der Waals surface area contributed by atoms with Gasteiger partial charge in [-0.1, -0.05) is 12.1 Å².